The third-order valence-corrected chi connectivity index (χ3v) is 9.33. The third-order valence-electron chi connectivity index (χ3n) is 9.33. The second-order valence-electron chi connectivity index (χ2n) is 12.5. The van der Waals surface area contributed by atoms with Crippen LogP contribution in [-0.2, 0) is 23.9 Å². The van der Waals surface area contributed by atoms with Gasteiger partial charge in [-0.25, -0.2) is 0 Å². The molecule has 1 aliphatic heterocycles. The van der Waals surface area contributed by atoms with Gasteiger partial charge in [0.25, 0.3) is 0 Å². The van der Waals surface area contributed by atoms with E-state index in [1.165, 1.54) is 0 Å². The average molecular weight is 603 g/mol. The maximum Gasteiger partial charge on any atom is 0.240 e. The predicted molar refractivity (Wildman–Crippen MR) is 172 cm³/mol. The second-order valence-corrected chi connectivity index (χ2v) is 12.5. The molecule has 244 valence electrons. The zero-order valence-corrected chi connectivity index (χ0v) is 28.0. The van der Waals surface area contributed by atoms with Gasteiger partial charge in [0.2, 0.25) is 17.7 Å². The van der Waals surface area contributed by atoms with E-state index >= 15 is 0 Å². The van der Waals surface area contributed by atoms with Crippen molar-refractivity contribution < 1.29 is 23.9 Å². The Morgan fingerprint density at radius 2 is 1.67 bits per heavy atom. The Kier molecular flexibility index (Phi) is 15.7. The van der Waals surface area contributed by atoms with Crippen LogP contribution in [0.1, 0.15) is 66.7 Å². The summed E-state index contributed by atoms with van der Waals surface area (Å²) in [4.78, 5) is 44.2. The molecule has 0 aromatic heterocycles. The molecule has 1 saturated heterocycles. The van der Waals surface area contributed by atoms with Crippen molar-refractivity contribution in [3.05, 3.63) is 36.5 Å². The number of amides is 3. The lowest BCUT2D eigenvalue weighted by Gasteiger charge is -2.40. The molecule has 0 spiro atoms. The van der Waals surface area contributed by atoms with E-state index < -0.39 is 18.1 Å². The molecule has 0 aromatic carbocycles. The Labute approximate surface area is 260 Å². The Morgan fingerprint density at radius 3 is 2.21 bits per heavy atom. The molecule has 0 saturated carbocycles. The number of rotatable bonds is 17. The fourth-order valence-electron chi connectivity index (χ4n) is 6.59. The smallest absolute Gasteiger partial charge is 0.240 e. The van der Waals surface area contributed by atoms with Gasteiger partial charge < -0.3 is 29.9 Å². The maximum atomic E-state index is 13.9. The molecular weight excluding hydrogens is 544 g/mol. The Bertz CT molecular complexity index is 964. The highest BCUT2D eigenvalue weighted by atomic mass is 16.5. The maximum absolute atomic E-state index is 13.9. The van der Waals surface area contributed by atoms with Gasteiger partial charge in [0.05, 0.1) is 42.7 Å². The van der Waals surface area contributed by atoms with E-state index in [2.05, 4.69) is 36.6 Å². The van der Waals surface area contributed by atoms with E-state index in [1.807, 2.05) is 57.0 Å². The number of allylic oxidation sites excluding steroid dienone is 6. The lowest BCUT2D eigenvalue weighted by atomic mass is 9.89. The first-order valence-corrected chi connectivity index (χ1v) is 16.1. The number of hydrogen-bond donors (Lipinski definition) is 2. The molecule has 9 nitrogen and oxygen atoms in total. The van der Waals surface area contributed by atoms with E-state index in [0.29, 0.717) is 13.1 Å². The zero-order valence-electron chi connectivity index (χ0n) is 28.0. The standard InChI is InChI=1S/C34H58N4O5/c1-10-24(4)31(37(7)34(41)30(35-6)23(2)3)28(42-8)22-29(39)38-21-15-18-27(38)32(43-9)25(5)33(40)36-20-19-26-16-13-11-12-14-17-26/h11-14,16-17,23-28,30-32,35H,10,15,18-22H2,1-9H3,(H,36,40)/t24-,25?,27-,28+,30-,31-,32?/m0/s1. The Hall–Kier alpha value is -2.49. The number of hydrogen-bond acceptors (Lipinski definition) is 6. The van der Waals surface area contributed by atoms with E-state index in [4.69, 9.17) is 9.47 Å². The van der Waals surface area contributed by atoms with Crippen LogP contribution in [0.15, 0.2) is 36.5 Å². The highest BCUT2D eigenvalue weighted by Crippen LogP contribution is 2.29. The minimum Gasteiger partial charge on any atom is -0.379 e. The number of ether oxygens (including phenoxy) is 2. The van der Waals surface area contributed by atoms with E-state index in [9.17, 15) is 14.4 Å². The van der Waals surface area contributed by atoms with Crippen molar-refractivity contribution in [2.45, 2.75) is 97.1 Å². The van der Waals surface area contributed by atoms with E-state index in [-0.39, 0.29) is 60.0 Å². The zero-order chi connectivity index (χ0) is 32.1. The van der Waals surface area contributed by atoms with Crippen molar-refractivity contribution in [3.63, 3.8) is 0 Å². The van der Waals surface area contributed by atoms with Gasteiger partial charge in [0.15, 0.2) is 0 Å². The monoisotopic (exact) mass is 602 g/mol. The number of likely N-dealkylation sites (N-methyl/N-ethyl adjacent to an activating group) is 2. The van der Waals surface area contributed by atoms with Crippen LogP contribution in [0.3, 0.4) is 0 Å². The minimum atomic E-state index is -0.466. The van der Waals surface area contributed by atoms with Crippen LogP contribution in [0, 0.1) is 23.7 Å². The van der Waals surface area contributed by atoms with Gasteiger partial charge in [0.1, 0.15) is 0 Å². The topological polar surface area (TPSA) is 100 Å². The summed E-state index contributed by atoms with van der Waals surface area (Å²) in [6.07, 6.45) is 14.9. The van der Waals surface area contributed by atoms with Gasteiger partial charge in [-0.1, -0.05) is 77.5 Å². The number of nitrogens with one attached hydrogen (secondary N) is 2. The normalized spacial score (nSPS) is 21.3. The average Bonchev–Trinajstić information content (AvgIpc) is 3.32. The molecule has 0 aromatic rings. The van der Waals surface area contributed by atoms with Gasteiger partial charge in [0, 0.05) is 34.4 Å². The molecule has 2 aliphatic rings. The Balaban J connectivity index is 2.11. The lowest BCUT2D eigenvalue weighted by molar-refractivity contribution is -0.147. The van der Waals surface area contributed by atoms with Gasteiger partial charge in [-0.3, -0.25) is 14.4 Å². The van der Waals surface area contributed by atoms with Crippen LogP contribution in [0.2, 0.25) is 0 Å². The van der Waals surface area contributed by atoms with Crippen molar-refractivity contribution in [1.82, 2.24) is 20.4 Å². The van der Waals surface area contributed by atoms with Crippen LogP contribution in [0.4, 0.5) is 0 Å². The molecular formula is C34H58N4O5. The SMILES string of the molecule is CC[C@H](C)[C@@H]([C@@H](CC(=O)N1CCC[C@H]1C(OC)C(C)C(=O)NCCC1C=CC=CC=C1)OC)N(C)C(=O)[C@@H](NC)C(C)C. The molecule has 43 heavy (non-hydrogen) atoms. The Morgan fingerprint density at radius 1 is 1.02 bits per heavy atom. The summed E-state index contributed by atoms with van der Waals surface area (Å²) in [7, 11) is 6.86. The fraction of sp³-hybridized carbons (Fsp3) is 0.735. The predicted octanol–water partition coefficient (Wildman–Crippen LogP) is 3.96. The number of carbonyl (C=O) groups is 3. The fourth-order valence-corrected chi connectivity index (χ4v) is 6.59. The number of nitrogens with zero attached hydrogens (tertiary/aromatic N) is 2. The molecule has 0 bridgehead atoms. The first-order valence-electron chi connectivity index (χ1n) is 16.1. The van der Waals surface area contributed by atoms with Crippen molar-refractivity contribution >= 4 is 17.7 Å². The van der Waals surface area contributed by atoms with E-state index in [1.54, 1.807) is 26.2 Å². The van der Waals surface area contributed by atoms with Gasteiger partial charge >= 0.3 is 0 Å². The van der Waals surface area contributed by atoms with Crippen LogP contribution in [-0.4, -0.2) is 99.3 Å². The van der Waals surface area contributed by atoms with Crippen LogP contribution >= 0.6 is 0 Å². The lowest BCUT2D eigenvalue weighted by Crippen LogP contribution is -2.56. The largest absolute Gasteiger partial charge is 0.379 e. The molecule has 1 aliphatic carbocycles. The van der Waals surface area contributed by atoms with Crippen molar-refractivity contribution in [2.75, 3.05) is 41.4 Å². The molecule has 3 amide bonds. The summed E-state index contributed by atoms with van der Waals surface area (Å²) < 4.78 is 11.8. The summed E-state index contributed by atoms with van der Waals surface area (Å²) in [5.74, 6) is 0.00561. The van der Waals surface area contributed by atoms with Crippen LogP contribution in [0.5, 0.6) is 0 Å². The number of likely N-dealkylation sites (tertiary alicyclic amines) is 1. The highest BCUT2D eigenvalue weighted by Gasteiger charge is 2.42. The summed E-state index contributed by atoms with van der Waals surface area (Å²) >= 11 is 0. The molecule has 2 unspecified atom stereocenters. The first-order chi connectivity index (χ1) is 20.5. The quantitative estimate of drug-likeness (QED) is 0.262. The summed E-state index contributed by atoms with van der Waals surface area (Å²) in [5.41, 5.74) is 0. The third kappa shape index (κ3) is 10.0. The molecule has 2 rings (SSSR count). The second kappa shape index (κ2) is 18.3. The highest BCUT2D eigenvalue weighted by molar-refractivity contribution is 5.83. The molecule has 9 heteroatoms. The minimum absolute atomic E-state index is 0.00149. The summed E-state index contributed by atoms with van der Waals surface area (Å²) in [5, 5.41) is 6.23. The van der Waals surface area contributed by atoms with Crippen molar-refractivity contribution in [3.8, 4) is 0 Å². The van der Waals surface area contributed by atoms with Crippen LogP contribution in [0.25, 0.3) is 0 Å². The number of carbonyl (C=O) groups excluding carboxylic acids is 3. The van der Waals surface area contributed by atoms with Gasteiger partial charge in [-0.05, 0) is 44.1 Å². The molecule has 0 radical (unpaired) electrons. The summed E-state index contributed by atoms with van der Waals surface area (Å²) in [6, 6.07) is -0.788. The van der Waals surface area contributed by atoms with Gasteiger partial charge in [-0.2, -0.15) is 0 Å². The molecule has 2 N–H and O–H groups in total. The van der Waals surface area contributed by atoms with Crippen LogP contribution < -0.4 is 10.6 Å². The number of methoxy groups -OCH3 is 2. The van der Waals surface area contributed by atoms with Crippen molar-refractivity contribution in [1.29, 1.82) is 0 Å². The molecule has 7 atom stereocenters. The van der Waals surface area contributed by atoms with Gasteiger partial charge in [-0.15, -0.1) is 0 Å². The first kappa shape index (κ1) is 36.7. The van der Waals surface area contributed by atoms with Crippen molar-refractivity contribution in [2.24, 2.45) is 23.7 Å². The molecule has 1 heterocycles. The molecule has 1 fully saturated rings. The summed E-state index contributed by atoms with van der Waals surface area (Å²) in [6.45, 7) is 11.3. The van der Waals surface area contributed by atoms with E-state index in [0.717, 1.165) is 25.7 Å².